The minimum absolute atomic E-state index is 0.164. The molecule has 3 nitrogen and oxygen atoms in total. The van der Waals surface area contributed by atoms with Gasteiger partial charge in [-0.3, -0.25) is 4.79 Å². The molecule has 0 saturated heterocycles. The number of carbonyl (C=O) groups is 1. The Bertz CT molecular complexity index is 861. The molecule has 134 valence electrons. The van der Waals surface area contributed by atoms with Crippen LogP contribution in [0.3, 0.4) is 0 Å². The Labute approximate surface area is 170 Å². The van der Waals surface area contributed by atoms with E-state index in [0.29, 0.717) is 5.69 Å². The Morgan fingerprint density at radius 3 is 2.27 bits per heavy atom. The maximum atomic E-state index is 12.0. The minimum atomic E-state index is -0.213. The first-order valence-electron chi connectivity index (χ1n) is 7.93. The van der Waals surface area contributed by atoms with Crippen molar-refractivity contribution < 1.29 is 9.90 Å². The van der Waals surface area contributed by atoms with E-state index >= 15 is 0 Å². The van der Waals surface area contributed by atoms with Crippen molar-refractivity contribution in [1.29, 1.82) is 0 Å². The van der Waals surface area contributed by atoms with Crippen LogP contribution < -0.4 is 5.32 Å². The standard InChI is InChI=1S/C21H19Br2NO2/c1-14(10-21(26)24-19-6-8-20(25)9-7-19)4-3-5-15(2)16-11-17(22)13-18(23)12-16/h3-13,25H,1-2H3,(H,24,26)/b4-3+,14-10+,15-5-. The number of hydrogen-bond donors (Lipinski definition) is 2. The Balaban J connectivity index is 2.00. The molecule has 0 atom stereocenters. The molecular formula is C21H19Br2NO2. The maximum Gasteiger partial charge on any atom is 0.248 e. The van der Waals surface area contributed by atoms with Crippen LogP contribution in [0, 0.1) is 0 Å². The maximum absolute atomic E-state index is 12.0. The van der Waals surface area contributed by atoms with Crippen LogP contribution in [0.5, 0.6) is 5.75 Å². The molecule has 0 radical (unpaired) electrons. The van der Waals surface area contributed by atoms with E-state index in [0.717, 1.165) is 25.7 Å². The number of rotatable bonds is 5. The van der Waals surface area contributed by atoms with Gasteiger partial charge in [-0.05, 0) is 73.0 Å². The summed E-state index contributed by atoms with van der Waals surface area (Å²) in [5, 5.41) is 12.0. The van der Waals surface area contributed by atoms with E-state index in [9.17, 15) is 9.90 Å². The number of hydrogen-bond acceptors (Lipinski definition) is 2. The summed E-state index contributed by atoms with van der Waals surface area (Å²) in [4.78, 5) is 12.0. The molecule has 0 unspecified atom stereocenters. The summed E-state index contributed by atoms with van der Waals surface area (Å²) in [6, 6.07) is 12.4. The summed E-state index contributed by atoms with van der Waals surface area (Å²) in [6.45, 7) is 3.90. The van der Waals surface area contributed by atoms with Crippen molar-refractivity contribution >= 4 is 49.0 Å². The predicted molar refractivity (Wildman–Crippen MR) is 115 cm³/mol. The summed E-state index contributed by atoms with van der Waals surface area (Å²) in [5.41, 5.74) is 3.70. The van der Waals surface area contributed by atoms with Gasteiger partial charge in [0.15, 0.2) is 0 Å². The fraction of sp³-hybridized carbons (Fsp3) is 0.0952. The van der Waals surface area contributed by atoms with E-state index in [1.807, 2.05) is 38.1 Å². The summed E-state index contributed by atoms with van der Waals surface area (Å²) >= 11 is 6.98. The Morgan fingerprint density at radius 2 is 1.65 bits per heavy atom. The molecule has 2 aromatic carbocycles. The molecule has 2 N–H and O–H groups in total. The summed E-state index contributed by atoms with van der Waals surface area (Å²) in [6.07, 6.45) is 7.34. The van der Waals surface area contributed by atoms with E-state index in [2.05, 4.69) is 49.3 Å². The van der Waals surface area contributed by atoms with E-state index in [4.69, 9.17) is 0 Å². The molecular weight excluding hydrogens is 458 g/mol. The fourth-order valence-corrected chi connectivity index (χ4v) is 3.49. The molecule has 5 heteroatoms. The third-order valence-corrected chi connectivity index (χ3v) is 4.43. The number of aromatic hydroxyl groups is 1. The van der Waals surface area contributed by atoms with E-state index < -0.39 is 0 Å². The highest BCUT2D eigenvalue weighted by molar-refractivity contribution is 9.11. The zero-order valence-corrected chi connectivity index (χ0v) is 17.6. The summed E-state index contributed by atoms with van der Waals surface area (Å²) in [5.74, 6) is -0.0493. The Kier molecular flexibility index (Phi) is 7.42. The summed E-state index contributed by atoms with van der Waals surface area (Å²) in [7, 11) is 0. The van der Waals surface area contributed by atoms with Gasteiger partial charge in [0.05, 0.1) is 0 Å². The molecule has 2 rings (SSSR count). The molecule has 0 spiro atoms. The van der Waals surface area contributed by atoms with Crippen LogP contribution in [-0.2, 0) is 4.79 Å². The number of amides is 1. The van der Waals surface area contributed by atoms with Gasteiger partial charge in [0.2, 0.25) is 5.91 Å². The van der Waals surface area contributed by atoms with Crippen LogP contribution >= 0.6 is 31.9 Å². The van der Waals surface area contributed by atoms with Crippen molar-refractivity contribution in [2.24, 2.45) is 0 Å². The van der Waals surface area contributed by atoms with Gasteiger partial charge >= 0.3 is 0 Å². The second kappa shape index (κ2) is 9.55. The molecule has 0 aliphatic rings. The number of phenolic OH excluding ortho intramolecular Hbond substituents is 1. The highest BCUT2D eigenvalue weighted by atomic mass is 79.9. The molecule has 0 fully saturated rings. The fourth-order valence-electron chi connectivity index (χ4n) is 2.20. The van der Waals surface area contributed by atoms with Gasteiger partial charge < -0.3 is 10.4 Å². The smallest absolute Gasteiger partial charge is 0.248 e. The molecule has 0 aliphatic heterocycles. The monoisotopic (exact) mass is 475 g/mol. The van der Waals surface area contributed by atoms with Crippen LogP contribution in [-0.4, -0.2) is 11.0 Å². The van der Waals surface area contributed by atoms with E-state index in [-0.39, 0.29) is 11.7 Å². The van der Waals surface area contributed by atoms with Crippen LogP contribution in [0.4, 0.5) is 5.69 Å². The molecule has 26 heavy (non-hydrogen) atoms. The lowest BCUT2D eigenvalue weighted by Crippen LogP contribution is -2.08. The van der Waals surface area contributed by atoms with Gasteiger partial charge in [-0.1, -0.05) is 50.1 Å². The third-order valence-electron chi connectivity index (χ3n) is 3.52. The van der Waals surface area contributed by atoms with Gasteiger partial charge in [-0.25, -0.2) is 0 Å². The van der Waals surface area contributed by atoms with Crippen molar-refractivity contribution in [3.63, 3.8) is 0 Å². The second-order valence-corrected chi connectivity index (χ2v) is 7.62. The van der Waals surface area contributed by atoms with Crippen molar-refractivity contribution in [3.05, 3.63) is 86.9 Å². The van der Waals surface area contributed by atoms with E-state index in [1.165, 1.54) is 18.2 Å². The number of phenols is 1. The molecule has 0 aromatic heterocycles. The number of nitrogens with one attached hydrogen (secondary N) is 1. The van der Waals surface area contributed by atoms with Crippen molar-refractivity contribution in [3.8, 4) is 5.75 Å². The van der Waals surface area contributed by atoms with Gasteiger partial charge in [0.25, 0.3) is 0 Å². The molecule has 0 saturated carbocycles. The van der Waals surface area contributed by atoms with Gasteiger partial charge in [0.1, 0.15) is 5.75 Å². The van der Waals surface area contributed by atoms with Crippen LogP contribution in [0.25, 0.3) is 5.57 Å². The topological polar surface area (TPSA) is 49.3 Å². The normalized spacial score (nSPS) is 12.5. The lowest BCUT2D eigenvalue weighted by atomic mass is 10.1. The van der Waals surface area contributed by atoms with Crippen LogP contribution in [0.2, 0.25) is 0 Å². The number of allylic oxidation sites excluding steroid dienone is 5. The first-order chi connectivity index (χ1) is 12.3. The number of carbonyl (C=O) groups excluding carboxylic acids is 1. The predicted octanol–water partition coefficient (Wildman–Crippen LogP) is 6.46. The summed E-state index contributed by atoms with van der Waals surface area (Å²) < 4.78 is 2.03. The van der Waals surface area contributed by atoms with Gasteiger partial charge in [-0.2, -0.15) is 0 Å². The highest BCUT2D eigenvalue weighted by Crippen LogP contribution is 2.24. The van der Waals surface area contributed by atoms with Gasteiger partial charge in [0, 0.05) is 20.7 Å². The first-order valence-corrected chi connectivity index (χ1v) is 9.52. The first kappa shape index (κ1) is 20.2. The highest BCUT2D eigenvalue weighted by Gasteiger charge is 2.00. The quantitative estimate of drug-likeness (QED) is 0.295. The zero-order chi connectivity index (χ0) is 19.1. The Morgan fingerprint density at radius 1 is 1.04 bits per heavy atom. The zero-order valence-electron chi connectivity index (χ0n) is 14.5. The van der Waals surface area contributed by atoms with Crippen molar-refractivity contribution in [2.45, 2.75) is 13.8 Å². The minimum Gasteiger partial charge on any atom is -0.508 e. The second-order valence-electron chi connectivity index (χ2n) is 5.79. The SMILES string of the molecule is C/C(=C/C=C/C(C)=C/C(=O)Nc1ccc(O)cc1)c1cc(Br)cc(Br)c1. The number of benzene rings is 2. The largest absolute Gasteiger partial charge is 0.508 e. The number of anilines is 1. The lowest BCUT2D eigenvalue weighted by molar-refractivity contribution is -0.111. The van der Waals surface area contributed by atoms with Crippen LogP contribution in [0.1, 0.15) is 19.4 Å². The van der Waals surface area contributed by atoms with Crippen molar-refractivity contribution in [1.82, 2.24) is 0 Å². The van der Waals surface area contributed by atoms with Gasteiger partial charge in [-0.15, -0.1) is 0 Å². The number of halogens is 2. The van der Waals surface area contributed by atoms with E-state index in [1.54, 1.807) is 12.1 Å². The van der Waals surface area contributed by atoms with Crippen LogP contribution in [0.15, 0.2) is 81.3 Å². The molecule has 0 heterocycles. The third kappa shape index (κ3) is 6.65. The Hall–Kier alpha value is -2.11. The molecule has 0 aliphatic carbocycles. The lowest BCUT2D eigenvalue weighted by Gasteiger charge is -2.03. The molecule has 0 bridgehead atoms. The average Bonchev–Trinajstić information content (AvgIpc) is 2.55. The van der Waals surface area contributed by atoms with Crippen molar-refractivity contribution in [2.75, 3.05) is 5.32 Å². The average molecular weight is 477 g/mol. The molecule has 2 aromatic rings. The molecule has 1 amide bonds.